The largest absolute Gasteiger partial charge is 0.368 e. The van der Waals surface area contributed by atoms with Crippen molar-refractivity contribution in [3.8, 4) is 0 Å². The van der Waals surface area contributed by atoms with E-state index >= 15 is 0 Å². The highest BCUT2D eigenvalue weighted by Crippen LogP contribution is 2.25. The molecule has 0 aromatic heterocycles. The van der Waals surface area contributed by atoms with Crippen LogP contribution in [-0.4, -0.2) is 60.6 Å². The minimum absolute atomic E-state index is 0.00297. The molecule has 28 heavy (non-hydrogen) atoms. The number of aryl methyl sites for hydroxylation is 1. The maximum atomic E-state index is 12.9. The van der Waals surface area contributed by atoms with Gasteiger partial charge in [-0.1, -0.05) is 36.8 Å². The van der Waals surface area contributed by atoms with Gasteiger partial charge in [0, 0.05) is 32.1 Å². The minimum Gasteiger partial charge on any atom is -0.368 e. The van der Waals surface area contributed by atoms with Crippen molar-refractivity contribution in [1.82, 2.24) is 9.80 Å². The average Bonchev–Trinajstić information content (AvgIpc) is 2.68. The molecular formula is C22H33N3O3. The lowest BCUT2D eigenvalue weighted by atomic mass is 9.90. The van der Waals surface area contributed by atoms with Crippen LogP contribution in [0.3, 0.4) is 0 Å². The molecule has 3 rings (SSSR count). The average molecular weight is 388 g/mol. The van der Waals surface area contributed by atoms with Gasteiger partial charge in [0.1, 0.15) is 6.61 Å². The number of amides is 3. The van der Waals surface area contributed by atoms with Gasteiger partial charge in [0.05, 0.1) is 6.10 Å². The van der Waals surface area contributed by atoms with Gasteiger partial charge in [0.25, 0.3) is 0 Å². The van der Waals surface area contributed by atoms with Crippen LogP contribution in [0.4, 0.5) is 4.79 Å². The molecule has 1 aromatic carbocycles. The molecule has 2 saturated heterocycles. The summed E-state index contributed by atoms with van der Waals surface area (Å²) in [6, 6.07) is 8.93. The number of hydrogen-bond donors (Lipinski definition) is 1. The first-order valence-electron chi connectivity index (χ1n) is 10.4. The zero-order chi connectivity index (χ0) is 20.1. The fraction of sp³-hybridized carbons (Fsp3) is 0.636. The van der Waals surface area contributed by atoms with E-state index in [0.29, 0.717) is 19.0 Å². The summed E-state index contributed by atoms with van der Waals surface area (Å²) in [5, 5.41) is 0. The highest BCUT2D eigenvalue weighted by atomic mass is 16.5. The molecule has 6 heteroatoms. The van der Waals surface area contributed by atoms with Crippen LogP contribution >= 0.6 is 0 Å². The summed E-state index contributed by atoms with van der Waals surface area (Å²) in [6.45, 7) is 7.16. The van der Waals surface area contributed by atoms with E-state index in [4.69, 9.17) is 10.5 Å². The Bertz CT molecular complexity index is 668. The third-order valence-corrected chi connectivity index (χ3v) is 6.07. The molecule has 2 aliphatic rings. The van der Waals surface area contributed by atoms with E-state index < -0.39 is 5.91 Å². The van der Waals surface area contributed by atoms with Gasteiger partial charge in [-0.25, -0.2) is 4.79 Å². The van der Waals surface area contributed by atoms with Crippen molar-refractivity contribution in [2.24, 2.45) is 17.6 Å². The standard InChI is InChI=1S/C22H33N3O3/c1-16-3-5-18(6-4-16)13-19-7-10-24(11-8-19)22(27)25-12-9-20(17(2)14-25)28-15-21(23)26/h3-6,17,19-20H,7-15H2,1-2H3,(H2,23,26). The van der Waals surface area contributed by atoms with Gasteiger partial charge in [-0.2, -0.15) is 0 Å². The molecule has 3 amide bonds. The van der Waals surface area contributed by atoms with Crippen molar-refractivity contribution in [2.45, 2.75) is 45.6 Å². The molecule has 2 N–H and O–H groups in total. The fourth-order valence-electron chi connectivity index (χ4n) is 4.32. The second kappa shape index (κ2) is 9.41. The fourth-order valence-corrected chi connectivity index (χ4v) is 4.32. The van der Waals surface area contributed by atoms with Crippen LogP contribution in [0, 0.1) is 18.8 Å². The number of likely N-dealkylation sites (tertiary alicyclic amines) is 2. The number of carbonyl (C=O) groups excluding carboxylic acids is 2. The first-order chi connectivity index (χ1) is 13.4. The molecule has 0 radical (unpaired) electrons. The Hall–Kier alpha value is -2.08. The van der Waals surface area contributed by atoms with Gasteiger partial charge in [-0.15, -0.1) is 0 Å². The molecule has 0 aliphatic carbocycles. The summed E-state index contributed by atoms with van der Waals surface area (Å²) in [5.74, 6) is 0.411. The van der Waals surface area contributed by atoms with Crippen LogP contribution in [-0.2, 0) is 16.0 Å². The maximum Gasteiger partial charge on any atom is 0.320 e. The SMILES string of the molecule is Cc1ccc(CC2CCN(C(=O)N3CCC(OCC(N)=O)C(C)C3)CC2)cc1. The second-order valence-electron chi connectivity index (χ2n) is 8.43. The molecule has 2 fully saturated rings. The Labute approximate surface area is 168 Å². The van der Waals surface area contributed by atoms with E-state index in [-0.39, 0.29) is 24.7 Å². The molecule has 1 aromatic rings. The lowest BCUT2D eigenvalue weighted by Gasteiger charge is -2.41. The summed E-state index contributed by atoms with van der Waals surface area (Å²) in [6.07, 6.45) is 3.98. The van der Waals surface area contributed by atoms with Crippen LogP contribution < -0.4 is 5.73 Å². The van der Waals surface area contributed by atoms with E-state index in [0.717, 1.165) is 38.8 Å². The molecule has 2 unspecified atom stereocenters. The smallest absolute Gasteiger partial charge is 0.320 e. The molecule has 154 valence electrons. The van der Waals surface area contributed by atoms with Crippen molar-refractivity contribution in [3.05, 3.63) is 35.4 Å². The molecule has 0 bridgehead atoms. The minimum atomic E-state index is -0.445. The zero-order valence-electron chi connectivity index (χ0n) is 17.1. The number of ether oxygens (including phenoxy) is 1. The summed E-state index contributed by atoms with van der Waals surface area (Å²) < 4.78 is 5.58. The summed E-state index contributed by atoms with van der Waals surface area (Å²) >= 11 is 0. The quantitative estimate of drug-likeness (QED) is 0.844. The number of carbonyl (C=O) groups is 2. The number of nitrogens with two attached hydrogens (primary N) is 1. The van der Waals surface area contributed by atoms with Crippen molar-refractivity contribution in [3.63, 3.8) is 0 Å². The van der Waals surface area contributed by atoms with Crippen molar-refractivity contribution >= 4 is 11.9 Å². The number of rotatable bonds is 5. The summed E-state index contributed by atoms with van der Waals surface area (Å²) in [5.41, 5.74) is 7.84. The van der Waals surface area contributed by atoms with Crippen molar-refractivity contribution in [2.75, 3.05) is 32.8 Å². The van der Waals surface area contributed by atoms with E-state index in [1.807, 2.05) is 9.80 Å². The lowest BCUT2D eigenvalue weighted by molar-refractivity contribution is -0.126. The Balaban J connectivity index is 1.43. The van der Waals surface area contributed by atoms with Crippen LogP contribution in [0.25, 0.3) is 0 Å². The van der Waals surface area contributed by atoms with Crippen molar-refractivity contribution in [1.29, 1.82) is 0 Å². The normalized spacial score (nSPS) is 23.6. The van der Waals surface area contributed by atoms with Crippen LogP contribution in [0.15, 0.2) is 24.3 Å². The number of benzene rings is 1. The molecule has 6 nitrogen and oxygen atoms in total. The maximum absolute atomic E-state index is 12.9. The van der Waals surface area contributed by atoms with Crippen LogP contribution in [0.1, 0.15) is 37.3 Å². The van der Waals surface area contributed by atoms with Crippen LogP contribution in [0.2, 0.25) is 0 Å². The molecule has 2 atom stereocenters. The van der Waals surface area contributed by atoms with E-state index in [1.165, 1.54) is 11.1 Å². The van der Waals surface area contributed by atoms with Gasteiger partial charge in [0.15, 0.2) is 0 Å². The van der Waals surface area contributed by atoms with E-state index in [1.54, 1.807) is 0 Å². The van der Waals surface area contributed by atoms with Gasteiger partial charge in [0.2, 0.25) is 5.91 Å². The predicted molar refractivity (Wildman–Crippen MR) is 109 cm³/mol. The number of primary amides is 1. The number of piperidine rings is 2. The first kappa shape index (κ1) is 20.6. The Morgan fingerprint density at radius 2 is 1.71 bits per heavy atom. The number of hydrogen-bond acceptors (Lipinski definition) is 3. The van der Waals surface area contributed by atoms with Gasteiger partial charge >= 0.3 is 6.03 Å². The van der Waals surface area contributed by atoms with Gasteiger partial charge in [-0.05, 0) is 44.1 Å². The van der Waals surface area contributed by atoms with Gasteiger partial charge < -0.3 is 20.3 Å². The molecular weight excluding hydrogens is 354 g/mol. The van der Waals surface area contributed by atoms with Gasteiger partial charge in [-0.3, -0.25) is 4.79 Å². The second-order valence-corrected chi connectivity index (χ2v) is 8.43. The molecule has 0 saturated carbocycles. The molecule has 2 aliphatic heterocycles. The Morgan fingerprint density at radius 3 is 2.32 bits per heavy atom. The number of urea groups is 1. The molecule has 2 heterocycles. The third kappa shape index (κ3) is 5.47. The Kier molecular flexibility index (Phi) is 6.94. The monoisotopic (exact) mass is 387 g/mol. The highest BCUT2D eigenvalue weighted by Gasteiger charge is 2.33. The predicted octanol–water partition coefficient (Wildman–Crippen LogP) is 2.58. The topological polar surface area (TPSA) is 75.9 Å². The van der Waals surface area contributed by atoms with E-state index in [9.17, 15) is 9.59 Å². The number of nitrogens with zero attached hydrogens (tertiary/aromatic N) is 2. The summed E-state index contributed by atoms with van der Waals surface area (Å²) in [7, 11) is 0. The molecule has 0 spiro atoms. The first-order valence-corrected chi connectivity index (χ1v) is 10.4. The highest BCUT2D eigenvalue weighted by molar-refractivity contribution is 5.75. The Morgan fingerprint density at radius 1 is 1.07 bits per heavy atom. The zero-order valence-corrected chi connectivity index (χ0v) is 17.1. The summed E-state index contributed by atoms with van der Waals surface area (Å²) in [4.78, 5) is 27.8. The van der Waals surface area contributed by atoms with E-state index in [2.05, 4.69) is 38.1 Å². The van der Waals surface area contributed by atoms with Crippen molar-refractivity contribution < 1.29 is 14.3 Å². The third-order valence-electron chi connectivity index (χ3n) is 6.07. The lowest BCUT2D eigenvalue weighted by Crippen LogP contribution is -2.52. The van der Waals surface area contributed by atoms with Crippen LogP contribution in [0.5, 0.6) is 0 Å².